The van der Waals surface area contributed by atoms with Crippen molar-refractivity contribution in [3.63, 3.8) is 0 Å². The van der Waals surface area contributed by atoms with E-state index in [-0.39, 0.29) is 9.79 Å². The van der Waals surface area contributed by atoms with Crippen molar-refractivity contribution in [2.75, 3.05) is 0 Å². The van der Waals surface area contributed by atoms with Crippen LogP contribution in [0.2, 0.25) is 10.0 Å². The minimum Gasteiger partial charge on any atom is -0.219 e. The maximum Gasteiger partial charge on any atom is 0.206 e. The second-order valence-corrected chi connectivity index (χ2v) is 7.48. The van der Waals surface area contributed by atoms with Crippen LogP contribution in [0.15, 0.2) is 46.2 Å². The van der Waals surface area contributed by atoms with Gasteiger partial charge in [0.15, 0.2) is 0 Å². The first kappa shape index (κ1) is 16.3. The van der Waals surface area contributed by atoms with Crippen molar-refractivity contribution in [1.29, 1.82) is 0 Å². The van der Waals surface area contributed by atoms with Crippen LogP contribution >= 0.6 is 23.2 Å². The van der Waals surface area contributed by atoms with Gasteiger partial charge in [0.2, 0.25) is 9.84 Å². The lowest BCUT2D eigenvalue weighted by molar-refractivity contribution is 0.596. The van der Waals surface area contributed by atoms with E-state index in [2.05, 4.69) is 0 Å². The summed E-state index contributed by atoms with van der Waals surface area (Å²) in [5.41, 5.74) is 1.64. The van der Waals surface area contributed by atoms with Crippen LogP contribution in [0.1, 0.15) is 25.0 Å². The number of rotatable bonds is 4. The molecule has 0 saturated carbocycles. The topological polar surface area (TPSA) is 34.1 Å². The lowest BCUT2D eigenvalue weighted by Gasteiger charge is -2.09. The SMILES string of the molecule is CCc1cc(S(=O)(=O)c2ccc(Cl)c(CC)c2)ccc1Cl. The van der Waals surface area contributed by atoms with Gasteiger partial charge in [-0.1, -0.05) is 37.0 Å². The third-order valence-corrected chi connectivity index (χ3v) is 5.90. The number of aryl methyl sites for hydroxylation is 2. The van der Waals surface area contributed by atoms with Crippen molar-refractivity contribution in [3.05, 3.63) is 57.6 Å². The molecule has 0 unspecified atom stereocenters. The Balaban J connectivity index is 2.56. The van der Waals surface area contributed by atoms with Gasteiger partial charge in [0.25, 0.3) is 0 Å². The molecular formula is C16H16Cl2O2S. The Kier molecular flexibility index (Phi) is 4.97. The number of hydrogen-bond donors (Lipinski definition) is 0. The van der Waals surface area contributed by atoms with Gasteiger partial charge >= 0.3 is 0 Å². The fourth-order valence-corrected chi connectivity index (χ4v) is 3.98. The molecule has 2 aromatic rings. The van der Waals surface area contributed by atoms with E-state index in [1.165, 1.54) is 12.1 Å². The highest BCUT2D eigenvalue weighted by atomic mass is 35.5. The maximum atomic E-state index is 12.7. The minimum absolute atomic E-state index is 0.258. The first-order valence-corrected chi connectivity index (χ1v) is 8.96. The van der Waals surface area contributed by atoms with E-state index in [0.717, 1.165) is 11.1 Å². The summed E-state index contributed by atoms with van der Waals surface area (Å²) >= 11 is 12.1. The summed E-state index contributed by atoms with van der Waals surface area (Å²) in [5, 5.41) is 1.17. The molecule has 0 atom stereocenters. The molecule has 2 nitrogen and oxygen atoms in total. The summed E-state index contributed by atoms with van der Waals surface area (Å²) in [7, 11) is -3.55. The third-order valence-electron chi connectivity index (χ3n) is 3.42. The fraction of sp³-hybridized carbons (Fsp3) is 0.250. The average Bonchev–Trinajstić information content (AvgIpc) is 2.47. The van der Waals surface area contributed by atoms with Crippen LogP contribution < -0.4 is 0 Å². The van der Waals surface area contributed by atoms with Crippen molar-refractivity contribution < 1.29 is 8.42 Å². The molecule has 0 N–H and O–H groups in total. The van der Waals surface area contributed by atoms with Gasteiger partial charge in [0.05, 0.1) is 9.79 Å². The van der Waals surface area contributed by atoms with Crippen LogP contribution in [-0.4, -0.2) is 8.42 Å². The number of hydrogen-bond acceptors (Lipinski definition) is 2. The van der Waals surface area contributed by atoms with E-state index in [9.17, 15) is 8.42 Å². The molecule has 0 spiro atoms. The Bertz CT molecular complexity index is 708. The molecule has 2 aromatic carbocycles. The molecule has 0 aliphatic carbocycles. The predicted molar refractivity (Wildman–Crippen MR) is 87.1 cm³/mol. The molecule has 0 amide bonds. The van der Waals surface area contributed by atoms with Crippen LogP contribution in [-0.2, 0) is 22.7 Å². The van der Waals surface area contributed by atoms with Gasteiger partial charge in [0, 0.05) is 10.0 Å². The summed E-state index contributed by atoms with van der Waals surface area (Å²) in [6, 6.07) is 9.61. The molecule has 0 fully saturated rings. The van der Waals surface area contributed by atoms with Crippen molar-refractivity contribution >= 4 is 33.0 Å². The lowest BCUT2D eigenvalue weighted by Crippen LogP contribution is -2.04. The Hall–Kier alpha value is -1.03. The highest BCUT2D eigenvalue weighted by Gasteiger charge is 2.19. The van der Waals surface area contributed by atoms with Gasteiger partial charge in [-0.15, -0.1) is 0 Å². The molecule has 0 radical (unpaired) electrons. The first-order valence-electron chi connectivity index (χ1n) is 6.72. The molecule has 112 valence electrons. The van der Waals surface area contributed by atoms with Gasteiger partial charge in [-0.05, 0) is 60.4 Å². The van der Waals surface area contributed by atoms with Crippen molar-refractivity contribution in [2.45, 2.75) is 36.5 Å². The van der Waals surface area contributed by atoms with Crippen LogP contribution in [0.4, 0.5) is 0 Å². The highest BCUT2D eigenvalue weighted by molar-refractivity contribution is 7.91. The molecule has 0 bridgehead atoms. The smallest absolute Gasteiger partial charge is 0.206 e. The quantitative estimate of drug-likeness (QED) is 0.787. The van der Waals surface area contributed by atoms with Crippen molar-refractivity contribution in [1.82, 2.24) is 0 Å². The molecule has 0 aliphatic rings. The number of halogens is 2. The first-order chi connectivity index (χ1) is 9.90. The van der Waals surface area contributed by atoms with Gasteiger partial charge in [-0.25, -0.2) is 8.42 Å². The maximum absolute atomic E-state index is 12.7. The molecule has 2 rings (SSSR count). The van der Waals surface area contributed by atoms with Crippen LogP contribution in [0.3, 0.4) is 0 Å². The van der Waals surface area contributed by atoms with Gasteiger partial charge in [-0.3, -0.25) is 0 Å². The predicted octanol–water partition coefficient (Wildman–Crippen LogP) is 4.95. The standard InChI is InChI=1S/C16H16Cl2O2S/c1-3-11-9-13(5-7-15(11)17)21(19,20)14-6-8-16(18)12(4-2)10-14/h5-10H,3-4H2,1-2H3. The van der Waals surface area contributed by atoms with E-state index in [4.69, 9.17) is 23.2 Å². The number of sulfone groups is 1. The Morgan fingerprint density at radius 2 is 1.19 bits per heavy atom. The summed E-state index contributed by atoms with van der Waals surface area (Å²) in [5.74, 6) is 0. The fourth-order valence-electron chi connectivity index (χ4n) is 2.11. The van der Waals surface area contributed by atoms with E-state index < -0.39 is 9.84 Å². The van der Waals surface area contributed by atoms with Crippen LogP contribution in [0.5, 0.6) is 0 Å². The Morgan fingerprint density at radius 3 is 1.52 bits per heavy atom. The molecule has 0 heterocycles. The molecule has 0 aromatic heterocycles. The van der Waals surface area contributed by atoms with E-state index >= 15 is 0 Å². The molecule has 5 heteroatoms. The highest BCUT2D eigenvalue weighted by Crippen LogP contribution is 2.28. The summed E-state index contributed by atoms with van der Waals surface area (Å²) in [4.78, 5) is 0.515. The summed E-state index contributed by atoms with van der Waals surface area (Å²) in [6.45, 7) is 3.88. The third kappa shape index (κ3) is 3.25. The molecule has 0 aliphatic heterocycles. The van der Waals surface area contributed by atoms with E-state index in [1.54, 1.807) is 24.3 Å². The Morgan fingerprint density at radius 1 is 0.810 bits per heavy atom. The van der Waals surface area contributed by atoms with Crippen molar-refractivity contribution in [2.24, 2.45) is 0 Å². The monoisotopic (exact) mass is 342 g/mol. The second kappa shape index (κ2) is 6.39. The van der Waals surface area contributed by atoms with Crippen LogP contribution in [0.25, 0.3) is 0 Å². The second-order valence-electron chi connectivity index (χ2n) is 4.72. The van der Waals surface area contributed by atoms with E-state index in [1.807, 2.05) is 13.8 Å². The molecule has 21 heavy (non-hydrogen) atoms. The van der Waals surface area contributed by atoms with Gasteiger partial charge in [-0.2, -0.15) is 0 Å². The largest absolute Gasteiger partial charge is 0.219 e. The van der Waals surface area contributed by atoms with Crippen LogP contribution in [0, 0.1) is 0 Å². The van der Waals surface area contributed by atoms with Gasteiger partial charge in [0.1, 0.15) is 0 Å². The minimum atomic E-state index is -3.55. The van der Waals surface area contributed by atoms with Gasteiger partial charge < -0.3 is 0 Å². The normalized spacial score (nSPS) is 11.6. The van der Waals surface area contributed by atoms with E-state index in [0.29, 0.717) is 22.9 Å². The zero-order chi connectivity index (χ0) is 15.6. The number of benzene rings is 2. The van der Waals surface area contributed by atoms with Crippen molar-refractivity contribution in [3.8, 4) is 0 Å². The summed E-state index contributed by atoms with van der Waals surface area (Å²) < 4.78 is 25.4. The zero-order valence-electron chi connectivity index (χ0n) is 11.9. The Labute approximate surface area is 135 Å². The lowest BCUT2D eigenvalue weighted by atomic mass is 10.2. The summed E-state index contributed by atoms with van der Waals surface area (Å²) in [6.07, 6.45) is 1.37. The average molecular weight is 343 g/mol. The molecular weight excluding hydrogens is 327 g/mol. The molecule has 0 saturated heterocycles. The zero-order valence-corrected chi connectivity index (χ0v) is 14.2.